The van der Waals surface area contributed by atoms with Crippen molar-refractivity contribution in [3.8, 4) is 0 Å². The van der Waals surface area contributed by atoms with E-state index in [1.54, 1.807) is 6.26 Å². The SMILES string of the molecule is CC(=Cc1ccco1)c1ccc2c(c1)C(C)(C)CCC2(C)C. The summed E-state index contributed by atoms with van der Waals surface area (Å²) in [5.74, 6) is 0.912. The highest BCUT2D eigenvalue weighted by molar-refractivity contribution is 5.79. The van der Waals surface area contributed by atoms with Gasteiger partial charge in [0.25, 0.3) is 0 Å². The summed E-state index contributed by atoms with van der Waals surface area (Å²) in [7, 11) is 0. The molecule has 0 radical (unpaired) electrons. The third kappa shape index (κ3) is 2.65. The van der Waals surface area contributed by atoms with Crippen molar-refractivity contribution in [2.75, 3.05) is 0 Å². The van der Waals surface area contributed by atoms with Crippen molar-refractivity contribution in [3.05, 3.63) is 59.0 Å². The molecule has 0 aliphatic heterocycles. The molecule has 1 aliphatic rings. The summed E-state index contributed by atoms with van der Waals surface area (Å²) in [5, 5.41) is 0. The van der Waals surface area contributed by atoms with Crippen molar-refractivity contribution < 1.29 is 4.42 Å². The van der Waals surface area contributed by atoms with Gasteiger partial charge in [-0.25, -0.2) is 0 Å². The fraction of sp³-hybridized carbons (Fsp3) is 0.429. The Bertz CT molecular complexity index is 700. The summed E-state index contributed by atoms with van der Waals surface area (Å²) in [6, 6.07) is 10.9. The van der Waals surface area contributed by atoms with Gasteiger partial charge >= 0.3 is 0 Å². The molecule has 0 bridgehead atoms. The van der Waals surface area contributed by atoms with E-state index in [1.165, 1.54) is 35.1 Å². The van der Waals surface area contributed by atoms with Gasteiger partial charge in [-0.05, 0) is 71.1 Å². The number of hydrogen-bond donors (Lipinski definition) is 0. The molecule has 1 nitrogen and oxygen atoms in total. The summed E-state index contributed by atoms with van der Waals surface area (Å²) in [6.45, 7) is 11.6. The minimum absolute atomic E-state index is 0.256. The molecule has 0 N–H and O–H groups in total. The minimum Gasteiger partial charge on any atom is -0.465 e. The average Bonchev–Trinajstić information content (AvgIpc) is 2.96. The maximum atomic E-state index is 5.44. The average molecular weight is 294 g/mol. The summed E-state index contributed by atoms with van der Waals surface area (Å²) >= 11 is 0. The zero-order chi connectivity index (χ0) is 16.0. The number of hydrogen-bond acceptors (Lipinski definition) is 1. The van der Waals surface area contributed by atoms with Gasteiger partial charge in [0, 0.05) is 0 Å². The van der Waals surface area contributed by atoms with Crippen molar-refractivity contribution in [1.29, 1.82) is 0 Å². The molecule has 0 saturated heterocycles. The van der Waals surface area contributed by atoms with Gasteiger partial charge < -0.3 is 4.42 Å². The van der Waals surface area contributed by atoms with E-state index in [0.717, 1.165) is 5.76 Å². The number of allylic oxidation sites excluding steroid dienone is 1. The second kappa shape index (κ2) is 5.15. The second-order valence-corrected chi connectivity index (χ2v) is 7.87. The standard InChI is InChI=1S/C21H26O/c1-15(13-17-7-6-12-22-17)16-8-9-18-19(14-16)21(4,5)11-10-20(18,2)3/h6-9,12-14H,10-11H2,1-5H3. The molecule has 1 aliphatic carbocycles. The smallest absolute Gasteiger partial charge is 0.126 e. The lowest BCUT2D eigenvalue weighted by molar-refractivity contribution is 0.332. The third-order valence-electron chi connectivity index (χ3n) is 5.21. The predicted octanol–water partition coefficient (Wildman–Crippen LogP) is 6.19. The van der Waals surface area contributed by atoms with Crippen LogP contribution in [0.25, 0.3) is 11.6 Å². The highest BCUT2D eigenvalue weighted by Crippen LogP contribution is 2.46. The van der Waals surface area contributed by atoms with E-state index >= 15 is 0 Å². The van der Waals surface area contributed by atoms with Gasteiger partial charge in [-0.2, -0.15) is 0 Å². The van der Waals surface area contributed by atoms with Gasteiger partial charge in [0.05, 0.1) is 6.26 Å². The Balaban J connectivity index is 2.06. The number of fused-ring (bicyclic) bond motifs is 1. The Morgan fingerprint density at radius 2 is 1.68 bits per heavy atom. The van der Waals surface area contributed by atoms with Crippen LogP contribution in [0.5, 0.6) is 0 Å². The molecule has 3 rings (SSSR count). The van der Waals surface area contributed by atoms with Gasteiger partial charge in [0.1, 0.15) is 5.76 Å². The minimum atomic E-state index is 0.256. The second-order valence-electron chi connectivity index (χ2n) is 7.87. The zero-order valence-electron chi connectivity index (χ0n) is 14.4. The lowest BCUT2D eigenvalue weighted by Gasteiger charge is -2.42. The molecule has 116 valence electrons. The van der Waals surface area contributed by atoms with Crippen LogP contribution in [0.2, 0.25) is 0 Å². The van der Waals surface area contributed by atoms with Crippen LogP contribution in [0.3, 0.4) is 0 Å². The molecular formula is C21H26O. The van der Waals surface area contributed by atoms with Gasteiger partial charge in [-0.1, -0.05) is 45.9 Å². The molecule has 2 aromatic rings. The van der Waals surface area contributed by atoms with Crippen molar-refractivity contribution in [1.82, 2.24) is 0 Å². The molecule has 1 aromatic heterocycles. The monoisotopic (exact) mass is 294 g/mol. The maximum Gasteiger partial charge on any atom is 0.126 e. The molecule has 1 heterocycles. The zero-order valence-corrected chi connectivity index (χ0v) is 14.4. The molecule has 0 atom stereocenters. The highest BCUT2D eigenvalue weighted by Gasteiger charge is 2.36. The van der Waals surface area contributed by atoms with Gasteiger partial charge in [0.15, 0.2) is 0 Å². The number of furan rings is 1. The van der Waals surface area contributed by atoms with Crippen LogP contribution >= 0.6 is 0 Å². The number of benzene rings is 1. The first kappa shape index (κ1) is 15.1. The topological polar surface area (TPSA) is 13.1 Å². The summed E-state index contributed by atoms with van der Waals surface area (Å²) in [5.41, 5.74) is 6.10. The van der Waals surface area contributed by atoms with Crippen LogP contribution in [0.15, 0.2) is 41.0 Å². The lowest BCUT2D eigenvalue weighted by atomic mass is 9.63. The summed E-state index contributed by atoms with van der Waals surface area (Å²) < 4.78 is 5.44. The first-order chi connectivity index (χ1) is 10.3. The van der Waals surface area contributed by atoms with E-state index < -0.39 is 0 Å². The first-order valence-corrected chi connectivity index (χ1v) is 8.17. The normalized spacial score (nSPS) is 19.8. The van der Waals surface area contributed by atoms with Crippen molar-refractivity contribution in [2.45, 2.75) is 58.3 Å². The molecule has 0 fully saturated rings. The van der Waals surface area contributed by atoms with Crippen LogP contribution in [0.4, 0.5) is 0 Å². The Labute approximate surface area is 134 Å². The molecule has 0 spiro atoms. The Morgan fingerprint density at radius 1 is 1.00 bits per heavy atom. The van der Waals surface area contributed by atoms with Gasteiger partial charge in [-0.3, -0.25) is 0 Å². The highest BCUT2D eigenvalue weighted by atomic mass is 16.3. The Hall–Kier alpha value is -1.76. The fourth-order valence-corrected chi connectivity index (χ4v) is 3.50. The fourth-order valence-electron chi connectivity index (χ4n) is 3.50. The number of rotatable bonds is 2. The summed E-state index contributed by atoms with van der Waals surface area (Å²) in [4.78, 5) is 0. The maximum absolute atomic E-state index is 5.44. The van der Waals surface area contributed by atoms with Crippen LogP contribution in [0.1, 0.15) is 69.9 Å². The Kier molecular flexibility index (Phi) is 3.55. The molecule has 1 heteroatoms. The van der Waals surface area contributed by atoms with Crippen molar-refractivity contribution >= 4 is 11.6 Å². The van der Waals surface area contributed by atoms with Crippen LogP contribution in [-0.4, -0.2) is 0 Å². The summed E-state index contributed by atoms with van der Waals surface area (Å²) in [6.07, 6.45) is 6.34. The van der Waals surface area contributed by atoms with E-state index in [9.17, 15) is 0 Å². The van der Waals surface area contributed by atoms with Crippen LogP contribution in [0, 0.1) is 0 Å². The first-order valence-electron chi connectivity index (χ1n) is 8.17. The van der Waals surface area contributed by atoms with E-state index in [0.29, 0.717) is 0 Å². The lowest BCUT2D eigenvalue weighted by Crippen LogP contribution is -2.33. The molecule has 22 heavy (non-hydrogen) atoms. The van der Waals surface area contributed by atoms with E-state index in [1.807, 2.05) is 12.1 Å². The third-order valence-corrected chi connectivity index (χ3v) is 5.21. The van der Waals surface area contributed by atoms with Crippen LogP contribution in [-0.2, 0) is 10.8 Å². The Morgan fingerprint density at radius 3 is 2.32 bits per heavy atom. The van der Waals surface area contributed by atoms with Gasteiger partial charge in [-0.15, -0.1) is 0 Å². The largest absolute Gasteiger partial charge is 0.465 e. The van der Waals surface area contributed by atoms with Crippen molar-refractivity contribution in [3.63, 3.8) is 0 Å². The predicted molar refractivity (Wildman–Crippen MR) is 94.0 cm³/mol. The molecular weight excluding hydrogens is 268 g/mol. The van der Waals surface area contributed by atoms with E-state index in [2.05, 4.69) is 58.9 Å². The van der Waals surface area contributed by atoms with Gasteiger partial charge in [0.2, 0.25) is 0 Å². The molecule has 0 saturated carbocycles. The molecule has 1 aromatic carbocycles. The van der Waals surface area contributed by atoms with E-state index in [-0.39, 0.29) is 10.8 Å². The molecule has 0 unspecified atom stereocenters. The molecule has 0 amide bonds. The van der Waals surface area contributed by atoms with E-state index in [4.69, 9.17) is 4.42 Å². The van der Waals surface area contributed by atoms with Crippen LogP contribution < -0.4 is 0 Å². The van der Waals surface area contributed by atoms with Crippen molar-refractivity contribution in [2.24, 2.45) is 0 Å². The quantitative estimate of drug-likeness (QED) is 0.643.